The molecule has 3 nitrogen and oxygen atoms in total. The second kappa shape index (κ2) is 8.93. The Bertz CT molecular complexity index is 229. The van der Waals surface area contributed by atoms with Gasteiger partial charge in [-0.15, -0.1) is 0 Å². The predicted molar refractivity (Wildman–Crippen MR) is 82.5 cm³/mol. The summed E-state index contributed by atoms with van der Waals surface area (Å²) in [6.45, 7) is 10.2. The SMILES string of the molecule is CCCNC(C)(CO)CCCN(CC)C1CCCC1. The molecule has 3 heteroatoms. The summed E-state index contributed by atoms with van der Waals surface area (Å²) in [6.07, 6.45) is 8.96. The van der Waals surface area contributed by atoms with Crippen LogP contribution in [0.3, 0.4) is 0 Å². The average Bonchev–Trinajstić information content (AvgIpc) is 2.95. The van der Waals surface area contributed by atoms with E-state index in [1.165, 1.54) is 45.2 Å². The minimum atomic E-state index is -0.0922. The van der Waals surface area contributed by atoms with E-state index in [1.807, 2.05) is 0 Å². The van der Waals surface area contributed by atoms with Gasteiger partial charge in [-0.2, -0.15) is 0 Å². The molecule has 0 heterocycles. The molecule has 19 heavy (non-hydrogen) atoms. The lowest BCUT2D eigenvalue weighted by molar-refractivity contribution is 0.149. The van der Waals surface area contributed by atoms with E-state index in [-0.39, 0.29) is 12.1 Å². The summed E-state index contributed by atoms with van der Waals surface area (Å²) in [5, 5.41) is 13.1. The van der Waals surface area contributed by atoms with Crippen LogP contribution in [0.15, 0.2) is 0 Å². The van der Waals surface area contributed by atoms with Crippen LogP contribution >= 0.6 is 0 Å². The highest BCUT2D eigenvalue weighted by Gasteiger charge is 2.24. The molecule has 0 amide bonds. The summed E-state index contributed by atoms with van der Waals surface area (Å²) in [5.41, 5.74) is -0.0922. The van der Waals surface area contributed by atoms with Gasteiger partial charge in [-0.1, -0.05) is 26.7 Å². The van der Waals surface area contributed by atoms with Crippen LogP contribution in [0.25, 0.3) is 0 Å². The number of aliphatic hydroxyl groups is 1. The van der Waals surface area contributed by atoms with Crippen molar-refractivity contribution in [1.29, 1.82) is 0 Å². The Morgan fingerprint density at radius 2 is 1.95 bits per heavy atom. The third-order valence-electron chi connectivity index (χ3n) is 4.57. The molecule has 2 N–H and O–H groups in total. The van der Waals surface area contributed by atoms with Crippen molar-refractivity contribution >= 4 is 0 Å². The van der Waals surface area contributed by atoms with Gasteiger partial charge in [0.25, 0.3) is 0 Å². The molecule has 0 aromatic rings. The van der Waals surface area contributed by atoms with Crippen LogP contribution in [-0.2, 0) is 0 Å². The summed E-state index contributed by atoms with van der Waals surface area (Å²) >= 11 is 0. The molecule has 0 radical (unpaired) electrons. The topological polar surface area (TPSA) is 35.5 Å². The summed E-state index contributed by atoms with van der Waals surface area (Å²) in [6, 6.07) is 0.828. The van der Waals surface area contributed by atoms with E-state index < -0.39 is 0 Å². The zero-order valence-corrected chi connectivity index (χ0v) is 13.2. The predicted octanol–water partition coefficient (Wildman–Crippen LogP) is 2.78. The van der Waals surface area contributed by atoms with Gasteiger partial charge < -0.3 is 15.3 Å². The van der Waals surface area contributed by atoms with Crippen molar-refractivity contribution < 1.29 is 5.11 Å². The molecular weight excluding hydrogens is 236 g/mol. The third kappa shape index (κ3) is 5.80. The number of aliphatic hydroxyl groups excluding tert-OH is 1. The minimum absolute atomic E-state index is 0.0922. The third-order valence-corrected chi connectivity index (χ3v) is 4.57. The molecule has 0 aromatic carbocycles. The van der Waals surface area contributed by atoms with E-state index in [9.17, 15) is 5.11 Å². The molecule has 1 aliphatic rings. The Kier molecular flexibility index (Phi) is 7.96. The van der Waals surface area contributed by atoms with Gasteiger partial charge in [0.1, 0.15) is 0 Å². The highest BCUT2D eigenvalue weighted by molar-refractivity contribution is 4.83. The Morgan fingerprint density at radius 1 is 1.26 bits per heavy atom. The van der Waals surface area contributed by atoms with Gasteiger partial charge in [0.05, 0.1) is 6.61 Å². The molecule has 0 aromatic heterocycles. The van der Waals surface area contributed by atoms with Gasteiger partial charge in [0, 0.05) is 11.6 Å². The van der Waals surface area contributed by atoms with E-state index in [4.69, 9.17) is 0 Å². The zero-order chi connectivity index (χ0) is 14.1. The minimum Gasteiger partial charge on any atom is -0.394 e. The molecule has 0 bridgehead atoms. The molecule has 1 unspecified atom stereocenters. The summed E-state index contributed by atoms with van der Waals surface area (Å²) in [5.74, 6) is 0. The molecule has 1 fully saturated rings. The van der Waals surface area contributed by atoms with Gasteiger partial charge >= 0.3 is 0 Å². The van der Waals surface area contributed by atoms with Gasteiger partial charge in [-0.3, -0.25) is 0 Å². The van der Waals surface area contributed by atoms with E-state index in [1.54, 1.807) is 0 Å². The van der Waals surface area contributed by atoms with E-state index in [0.717, 1.165) is 25.4 Å². The van der Waals surface area contributed by atoms with Crippen LogP contribution in [0.5, 0.6) is 0 Å². The molecule has 1 atom stereocenters. The van der Waals surface area contributed by atoms with Crippen LogP contribution in [0.4, 0.5) is 0 Å². The first-order valence-corrected chi connectivity index (χ1v) is 8.25. The van der Waals surface area contributed by atoms with Crippen molar-refractivity contribution in [3.63, 3.8) is 0 Å². The quantitative estimate of drug-likeness (QED) is 0.641. The molecule has 0 saturated heterocycles. The summed E-state index contributed by atoms with van der Waals surface area (Å²) < 4.78 is 0. The monoisotopic (exact) mass is 270 g/mol. The number of hydrogen-bond acceptors (Lipinski definition) is 3. The van der Waals surface area contributed by atoms with Crippen LogP contribution in [0, 0.1) is 0 Å². The van der Waals surface area contributed by atoms with Crippen LogP contribution < -0.4 is 5.32 Å². The zero-order valence-electron chi connectivity index (χ0n) is 13.2. The first kappa shape index (κ1) is 16.9. The average molecular weight is 270 g/mol. The van der Waals surface area contributed by atoms with Crippen LogP contribution in [0.1, 0.15) is 65.7 Å². The van der Waals surface area contributed by atoms with Crippen molar-refractivity contribution in [3.8, 4) is 0 Å². The molecule has 1 saturated carbocycles. The Labute approximate surface area is 119 Å². The van der Waals surface area contributed by atoms with Gasteiger partial charge in [0.15, 0.2) is 0 Å². The maximum Gasteiger partial charge on any atom is 0.0610 e. The molecule has 0 aliphatic heterocycles. The van der Waals surface area contributed by atoms with Gasteiger partial charge in [0.2, 0.25) is 0 Å². The molecule has 1 aliphatic carbocycles. The Hall–Kier alpha value is -0.120. The number of nitrogens with zero attached hydrogens (tertiary/aromatic N) is 1. The van der Waals surface area contributed by atoms with Crippen molar-refractivity contribution in [3.05, 3.63) is 0 Å². The van der Waals surface area contributed by atoms with Crippen molar-refractivity contribution in [2.75, 3.05) is 26.2 Å². The van der Waals surface area contributed by atoms with Crippen molar-refractivity contribution in [1.82, 2.24) is 10.2 Å². The lowest BCUT2D eigenvalue weighted by Crippen LogP contribution is -2.46. The highest BCUT2D eigenvalue weighted by Crippen LogP contribution is 2.24. The normalized spacial score (nSPS) is 20.1. The fraction of sp³-hybridized carbons (Fsp3) is 1.00. The summed E-state index contributed by atoms with van der Waals surface area (Å²) in [7, 11) is 0. The van der Waals surface area contributed by atoms with E-state index in [2.05, 4.69) is 31.0 Å². The smallest absolute Gasteiger partial charge is 0.0610 e. The summed E-state index contributed by atoms with van der Waals surface area (Å²) in [4.78, 5) is 2.64. The lowest BCUT2D eigenvalue weighted by atomic mass is 9.96. The number of hydrogen-bond donors (Lipinski definition) is 2. The fourth-order valence-electron chi connectivity index (χ4n) is 3.19. The van der Waals surface area contributed by atoms with Gasteiger partial charge in [-0.05, 0) is 58.7 Å². The standard InChI is InChI=1S/C16H34N2O/c1-4-12-17-16(3,14-19)11-8-13-18(5-2)15-9-6-7-10-15/h15,17,19H,4-14H2,1-3H3. The highest BCUT2D eigenvalue weighted by atomic mass is 16.3. The second-order valence-corrected chi connectivity index (χ2v) is 6.32. The van der Waals surface area contributed by atoms with E-state index >= 15 is 0 Å². The maximum absolute atomic E-state index is 9.57. The molecule has 0 spiro atoms. The largest absolute Gasteiger partial charge is 0.394 e. The van der Waals surface area contributed by atoms with Crippen molar-refractivity contribution in [2.45, 2.75) is 77.3 Å². The maximum atomic E-state index is 9.57. The van der Waals surface area contributed by atoms with Crippen molar-refractivity contribution in [2.24, 2.45) is 0 Å². The van der Waals surface area contributed by atoms with Crippen LogP contribution in [-0.4, -0.2) is 47.8 Å². The van der Waals surface area contributed by atoms with E-state index in [0.29, 0.717) is 0 Å². The number of nitrogens with one attached hydrogen (secondary N) is 1. The van der Waals surface area contributed by atoms with Gasteiger partial charge in [-0.25, -0.2) is 0 Å². The molecule has 1 rings (SSSR count). The first-order valence-electron chi connectivity index (χ1n) is 8.25. The first-order chi connectivity index (χ1) is 9.15. The fourth-order valence-corrected chi connectivity index (χ4v) is 3.19. The lowest BCUT2D eigenvalue weighted by Gasteiger charge is -2.32. The number of rotatable bonds is 10. The molecular formula is C16H34N2O. The second-order valence-electron chi connectivity index (χ2n) is 6.32. The van der Waals surface area contributed by atoms with Crippen LogP contribution in [0.2, 0.25) is 0 Å². The Balaban J connectivity index is 2.29. The molecule has 114 valence electrons. The Morgan fingerprint density at radius 3 is 2.47 bits per heavy atom.